The maximum Gasteiger partial charge on any atom is 0.172 e. The van der Waals surface area contributed by atoms with Crippen molar-refractivity contribution >= 4 is 25.8 Å². The van der Waals surface area contributed by atoms with Gasteiger partial charge in [-0.1, -0.05) is 26.9 Å². The van der Waals surface area contributed by atoms with Crippen LogP contribution in [-0.4, -0.2) is 64.0 Å². The fourth-order valence-electron chi connectivity index (χ4n) is 3.44. The Labute approximate surface area is 165 Å². The zero-order chi connectivity index (χ0) is 20.9. The topological polar surface area (TPSA) is 108 Å². The monoisotopic (exact) mass is 411 g/mol. The van der Waals surface area contributed by atoms with Crippen LogP contribution in [0.1, 0.15) is 27.7 Å². The fourth-order valence-corrected chi connectivity index (χ4v) is 5.46. The summed E-state index contributed by atoms with van der Waals surface area (Å²) in [6.45, 7) is 12.1. The minimum absolute atomic E-state index is 0.0966. The Morgan fingerprint density at radius 3 is 2.68 bits per heavy atom. The largest absolute Gasteiger partial charge is 0.387 e. The van der Waals surface area contributed by atoms with Gasteiger partial charge in [-0.2, -0.15) is 0 Å². The molecule has 1 fully saturated rings. The second-order valence-electron chi connectivity index (χ2n) is 8.57. The second-order valence-corrected chi connectivity index (χ2v) is 11.7. The van der Waals surface area contributed by atoms with Gasteiger partial charge in [-0.05, 0) is 19.8 Å². The van der Waals surface area contributed by atoms with Crippen molar-refractivity contribution in [2.24, 2.45) is 5.92 Å². The summed E-state index contributed by atoms with van der Waals surface area (Å²) >= 11 is 0. The molecule has 4 atom stereocenters. The first-order valence-corrected chi connectivity index (χ1v) is 12.5. The number of nitrogens with two attached hydrogens (primary N) is 1. The van der Waals surface area contributed by atoms with Crippen LogP contribution in [0.4, 0.5) is 10.2 Å². The highest BCUT2D eigenvalue weighted by Crippen LogP contribution is 2.42. The zero-order valence-corrected chi connectivity index (χ0v) is 18.4. The van der Waals surface area contributed by atoms with E-state index in [-0.39, 0.29) is 18.3 Å². The molecule has 28 heavy (non-hydrogen) atoms. The SMILES string of the molecule is CC(C)C(C)(C)OC[C@H]1O[C@@](n2cnc3c(N)ncnc32)([SiH](C)C)[C@@H](F)[C@@H]1O. The van der Waals surface area contributed by atoms with Crippen LogP contribution in [0.15, 0.2) is 12.7 Å². The summed E-state index contributed by atoms with van der Waals surface area (Å²) in [7, 11) is -1.89. The summed E-state index contributed by atoms with van der Waals surface area (Å²) in [6, 6.07) is 0. The first-order valence-electron chi connectivity index (χ1n) is 9.60. The van der Waals surface area contributed by atoms with E-state index in [0.29, 0.717) is 11.2 Å². The van der Waals surface area contributed by atoms with Crippen LogP contribution in [0.5, 0.6) is 0 Å². The van der Waals surface area contributed by atoms with Crippen LogP contribution in [0.25, 0.3) is 11.2 Å². The van der Waals surface area contributed by atoms with Gasteiger partial charge in [0.15, 0.2) is 23.0 Å². The van der Waals surface area contributed by atoms with Crippen molar-refractivity contribution in [1.29, 1.82) is 0 Å². The van der Waals surface area contributed by atoms with Crippen molar-refractivity contribution in [2.45, 2.75) is 70.1 Å². The third kappa shape index (κ3) is 3.21. The van der Waals surface area contributed by atoms with E-state index >= 15 is 4.39 Å². The Morgan fingerprint density at radius 1 is 1.39 bits per heavy atom. The third-order valence-corrected chi connectivity index (χ3v) is 8.38. The van der Waals surface area contributed by atoms with E-state index in [4.69, 9.17) is 15.2 Å². The van der Waals surface area contributed by atoms with Gasteiger partial charge in [0.25, 0.3) is 0 Å². The van der Waals surface area contributed by atoms with Crippen molar-refractivity contribution in [3.8, 4) is 0 Å². The quantitative estimate of drug-likeness (QED) is 0.696. The fraction of sp³-hybridized carbons (Fsp3) is 0.722. The number of halogens is 1. The van der Waals surface area contributed by atoms with Gasteiger partial charge < -0.3 is 20.3 Å². The molecule has 10 heteroatoms. The molecule has 0 amide bonds. The van der Waals surface area contributed by atoms with Gasteiger partial charge in [-0.3, -0.25) is 4.57 Å². The van der Waals surface area contributed by atoms with Gasteiger partial charge in [0.1, 0.15) is 32.8 Å². The Bertz CT molecular complexity index is 846. The molecule has 2 aromatic heterocycles. The van der Waals surface area contributed by atoms with Crippen LogP contribution in [-0.2, 0) is 14.8 Å². The van der Waals surface area contributed by atoms with Crippen LogP contribution < -0.4 is 5.73 Å². The Balaban J connectivity index is 1.98. The van der Waals surface area contributed by atoms with Gasteiger partial charge in [0.2, 0.25) is 0 Å². The summed E-state index contributed by atoms with van der Waals surface area (Å²) < 4.78 is 29.4. The molecule has 8 nitrogen and oxygen atoms in total. The number of aromatic nitrogens is 4. The highest BCUT2D eigenvalue weighted by Gasteiger charge is 2.59. The summed E-state index contributed by atoms with van der Waals surface area (Å²) in [4.78, 5) is 12.4. The van der Waals surface area contributed by atoms with Gasteiger partial charge in [0.05, 0.1) is 18.5 Å². The minimum atomic E-state index is -1.89. The molecule has 0 aliphatic carbocycles. The van der Waals surface area contributed by atoms with E-state index in [0.717, 1.165) is 0 Å². The lowest BCUT2D eigenvalue weighted by atomic mass is 9.94. The first-order chi connectivity index (χ1) is 13.0. The molecule has 2 aromatic rings. The number of imidazole rings is 1. The average molecular weight is 412 g/mol. The van der Waals surface area contributed by atoms with Gasteiger partial charge >= 0.3 is 0 Å². The number of nitrogens with zero attached hydrogens (tertiary/aromatic N) is 4. The number of aliphatic hydroxyl groups is 1. The maximum absolute atomic E-state index is 15.6. The second kappa shape index (κ2) is 7.32. The van der Waals surface area contributed by atoms with Gasteiger partial charge in [-0.15, -0.1) is 0 Å². The van der Waals surface area contributed by atoms with Gasteiger partial charge in [-0.25, -0.2) is 19.3 Å². The summed E-state index contributed by atoms with van der Waals surface area (Å²) in [5.74, 6) is 0.477. The molecule has 0 spiro atoms. The zero-order valence-electron chi connectivity index (χ0n) is 17.3. The summed E-state index contributed by atoms with van der Waals surface area (Å²) in [6.07, 6.45) is -0.948. The lowest BCUT2D eigenvalue weighted by Gasteiger charge is -2.36. The number of alkyl halides is 1. The number of fused-ring (bicyclic) bond motifs is 1. The normalized spacial score (nSPS) is 28.7. The van der Waals surface area contributed by atoms with E-state index in [9.17, 15) is 5.11 Å². The molecule has 0 saturated carbocycles. The van der Waals surface area contributed by atoms with Crippen LogP contribution in [0, 0.1) is 5.92 Å². The predicted molar refractivity (Wildman–Crippen MR) is 107 cm³/mol. The first kappa shape index (κ1) is 21.1. The number of nitrogen functional groups attached to an aromatic ring is 1. The predicted octanol–water partition coefficient (Wildman–Crippen LogP) is 1.64. The number of hydrogen-bond acceptors (Lipinski definition) is 7. The molecule has 1 saturated heterocycles. The number of aliphatic hydroxyl groups excluding tert-OH is 1. The average Bonchev–Trinajstić information content (AvgIpc) is 3.16. The molecular formula is C18H30FN5O3Si. The van der Waals surface area contributed by atoms with Crippen molar-refractivity contribution in [2.75, 3.05) is 12.3 Å². The molecule has 3 N–H and O–H groups in total. The van der Waals surface area contributed by atoms with Crippen molar-refractivity contribution < 1.29 is 19.0 Å². The molecule has 1 aliphatic rings. The molecule has 1 aliphatic heterocycles. The lowest BCUT2D eigenvalue weighted by Crippen LogP contribution is -2.52. The Kier molecular flexibility index (Phi) is 5.52. The lowest BCUT2D eigenvalue weighted by molar-refractivity contribution is -0.130. The third-order valence-electron chi connectivity index (χ3n) is 5.99. The number of ether oxygens (including phenoxy) is 2. The van der Waals surface area contributed by atoms with Crippen LogP contribution >= 0.6 is 0 Å². The van der Waals surface area contributed by atoms with Crippen molar-refractivity contribution in [3.63, 3.8) is 0 Å². The van der Waals surface area contributed by atoms with E-state index in [1.165, 1.54) is 12.7 Å². The van der Waals surface area contributed by atoms with Crippen molar-refractivity contribution in [1.82, 2.24) is 19.5 Å². The van der Waals surface area contributed by atoms with Crippen LogP contribution in [0.3, 0.4) is 0 Å². The van der Waals surface area contributed by atoms with Crippen LogP contribution in [0.2, 0.25) is 13.1 Å². The number of hydrogen-bond donors (Lipinski definition) is 2. The van der Waals surface area contributed by atoms with E-state index < -0.39 is 38.1 Å². The molecular weight excluding hydrogens is 381 g/mol. The molecule has 156 valence electrons. The molecule has 3 heterocycles. The smallest absolute Gasteiger partial charge is 0.172 e. The maximum atomic E-state index is 15.6. The minimum Gasteiger partial charge on any atom is -0.387 e. The van der Waals surface area contributed by atoms with Gasteiger partial charge in [0, 0.05) is 0 Å². The number of rotatable bonds is 6. The van der Waals surface area contributed by atoms with Crippen molar-refractivity contribution in [3.05, 3.63) is 12.7 Å². The molecule has 0 radical (unpaired) electrons. The standard InChI is InChI=1S/C18H30FN5O3Si/c1-10(2)17(3,4)26-7-11-13(25)14(19)18(27-11,28(5)6)24-9-23-12-15(20)21-8-22-16(12)24/h8-11,13-14,25,28H,7H2,1-6H3,(H2,20,21,22)/t11-,13-,14+,18-/m1/s1. The Hall–Kier alpha value is -1.62. The number of anilines is 1. The highest BCUT2D eigenvalue weighted by molar-refractivity contribution is 6.58. The Morgan fingerprint density at radius 2 is 2.07 bits per heavy atom. The van der Waals surface area contributed by atoms with E-state index in [1.807, 2.05) is 26.9 Å². The molecule has 0 aromatic carbocycles. The molecule has 0 bridgehead atoms. The summed E-state index contributed by atoms with van der Waals surface area (Å²) in [5, 5.41) is 9.31. The molecule has 0 unspecified atom stereocenters. The summed E-state index contributed by atoms with van der Waals surface area (Å²) in [5.41, 5.74) is 6.25. The van der Waals surface area contributed by atoms with E-state index in [1.54, 1.807) is 4.57 Å². The highest BCUT2D eigenvalue weighted by atomic mass is 28.3. The molecule has 3 rings (SSSR count). The van der Waals surface area contributed by atoms with E-state index in [2.05, 4.69) is 28.8 Å².